The maximum atomic E-state index is 12.1. The molecule has 0 radical (unpaired) electrons. The first-order valence-electron chi connectivity index (χ1n) is 29.7. The van der Waals surface area contributed by atoms with Gasteiger partial charge in [0.1, 0.15) is 11.8 Å². The van der Waals surface area contributed by atoms with Gasteiger partial charge in [-0.25, -0.2) is 0 Å². The third kappa shape index (κ3) is 3.18. The van der Waals surface area contributed by atoms with E-state index in [0.29, 0.717) is 6.42 Å². The summed E-state index contributed by atoms with van der Waals surface area (Å²) in [5, 5.41) is 3.15. The van der Waals surface area contributed by atoms with Gasteiger partial charge in [0.15, 0.2) is 0 Å². The van der Waals surface area contributed by atoms with E-state index in [1.54, 1.807) is 13.8 Å². The third-order valence-corrected chi connectivity index (χ3v) is 6.13. The molecule has 1 aromatic carbocycles. The van der Waals surface area contributed by atoms with Crippen molar-refractivity contribution < 1.29 is 139 Å². The van der Waals surface area contributed by atoms with E-state index in [4.69, 9.17) is 63.9 Å². The van der Waals surface area contributed by atoms with Gasteiger partial charge in [0.2, 0.25) is 5.91 Å². The molecular weight excluding hydrogens is 310 g/mol. The summed E-state index contributed by atoms with van der Waals surface area (Å²) in [4.78, 5) is 12.1. The zero-order valence-corrected chi connectivity index (χ0v) is 16.5. The smallest absolute Gasteiger partial charge is 0.220 e. The number of nitrogens with one attached hydrogen (secondary N) is 1. The Morgan fingerprint density at radius 1 is 1.52 bits per heavy atom. The molecule has 2 aliphatic rings. The van der Waals surface area contributed by atoms with E-state index in [0.717, 1.165) is 36.1 Å². The fourth-order valence-corrected chi connectivity index (χ4v) is 4.44. The molecule has 1 amide bonds. The first-order valence-corrected chi connectivity index (χ1v) is 9.66. The van der Waals surface area contributed by atoms with Crippen LogP contribution in [0.25, 0.3) is 0 Å². The highest BCUT2D eigenvalue weighted by Gasteiger charge is 2.39. The summed E-state index contributed by atoms with van der Waals surface area (Å²) >= 11 is 0. The molecule has 1 aromatic rings. The Bertz CT molecular complexity index is 833. The lowest BCUT2D eigenvalue weighted by atomic mass is 9.79. The maximum absolute atomic E-state index is 12.1. The number of aryl methyl sites for hydroxylation is 2. The van der Waals surface area contributed by atoms with Crippen LogP contribution >= 0.6 is 0 Å². The Labute approximate surface area is 286 Å². The van der Waals surface area contributed by atoms with Crippen molar-refractivity contribution in [2.45, 2.75) is 91.2 Å². The average Bonchev–Trinajstić information content (AvgIpc) is 1.56. The second-order valence-corrected chi connectivity index (χ2v) is 7.86. The van der Waals surface area contributed by atoms with E-state index in [1.165, 1.54) is 11.1 Å². The second-order valence-electron chi connectivity index (χ2n) is 7.86. The molecule has 0 fully saturated rings. The Morgan fingerprint density at radius 3 is 2.92 bits per heavy atom. The molecule has 0 saturated carbocycles. The van der Waals surface area contributed by atoms with Crippen LogP contribution in [0.2, 0.25) is 0 Å². The van der Waals surface area contributed by atoms with Crippen molar-refractivity contribution in [2.75, 3.05) is 0 Å². The van der Waals surface area contributed by atoms with Crippen LogP contribution in [0.1, 0.15) is 217 Å². The molecule has 5 atom stereocenters. The van der Waals surface area contributed by atoms with E-state index < -0.39 is 12.0 Å². The number of hydrogen-bond donors (Lipinski definition) is 1. The van der Waals surface area contributed by atoms with Crippen molar-refractivity contribution in [1.29, 1.82) is 0 Å². The zero-order valence-electron chi connectivity index (χ0n) is 56.5. The molecule has 0 saturated heterocycles. The number of amides is 1. The molecule has 3 rings (SSSR count). The van der Waals surface area contributed by atoms with Crippen molar-refractivity contribution in [2.24, 2.45) is 5.92 Å². The van der Waals surface area contributed by atoms with Gasteiger partial charge >= 0.3 is 0 Å². The molecule has 1 aliphatic heterocycles. The molecule has 1 aliphatic carbocycles. The van der Waals surface area contributed by atoms with Crippen LogP contribution in [0.3, 0.4) is 0 Å². The number of fused-ring (bicyclic) bond motifs is 3. The third-order valence-electron chi connectivity index (χ3n) is 6.13. The molecule has 3 heteroatoms. The average molecular weight is 521 g/mol. The molecule has 3 nitrogen and oxygen atoms in total. The number of hydrogen-bond acceptors (Lipinski definition) is 2. The fourth-order valence-electron chi connectivity index (χ4n) is 4.44. The summed E-state index contributed by atoms with van der Waals surface area (Å²) in [6.07, 6.45) is 2.11. The van der Waals surface area contributed by atoms with E-state index in [1.807, 2.05) is 13.8 Å². The van der Waals surface area contributed by atoms with Crippen molar-refractivity contribution in [3.05, 3.63) is 28.3 Å². The zero-order chi connectivity index (χ0) is 58.1. The maximum Gasteiger partial charge on any atom is 0.220 e. The van der Waals surface area contributed by atoms with Crippen LogP contribution in [0, 0.1) is 12.8 Å². The quantitative estimate of drug-likeness (QED) is 0.419. The van der Waals surface area contributed by atoms with Gasteiger partial charge in [-0.1, -0.05) is 26.8 Å². The molecule has 0 spiro atoms. The number of benzene rings is 1. The minimum absolute atomic E-state index is 0. The summed E-state index contributed by atoms with van der Waals surface area (Å²) in [7, 11) is 0. The van der Waals surface area contributed by atoms with Gasteiger partial charge in [0, 0.05) is 152 Å². The monoisotopic (exact) mass is 521 g/mol. The van der Waals surface area contributed by atoms with E-state index >= 15 is 0 Å². The molecule has 1 heterocycles. The second kappa shape index (κ2) is 7.01. The molecule has 25 heavy (non-hydrogen) atoms. The van der Waals surface area contributed by atoms with Gasteiger partial charge in [0.25, 0.3) is 0 Å². The van der Waals surface area contributed by atoms with Gasteiger partial charge in [0.05, 0.1) is 1.37 Å². The largest absolute Gasteiger partial charge is 0.490 e. The highest BCUT2D eigenvalue weighted by Crippen LogP contribution is 2.51. The van der Waals surface area contributed by atoms with Gasteiger partial charge < -0.3 is 10.1 Å². The highest BCUT2D eigenvalue weighted by molar-refractivity contribution is 5.76. The van der Waals surface area contributed by atoms with Gasteiger partial charge in [-0.3, -0.25) is 4.79 Å². The number of carbonyl (C=O) groups is 1. The Morgan fingerprint density at radius 2 is 2.24 bits per heavy atom. The van der Waals surface area contributed by atoms with Crippen LogP contribution < -0.4 is 10.1 Å². The molecule has 274 valence electrons. The van der Waals surface area contributed by atoms with Gasteiger partial charge in [-0.05, 0) is 68.6 Å². The van der Waals surface area contributed by atoms with Gasteiger partial charge in [-0.15, -0.1) is 0 Å². The standard InChI is InChI=1S/C22H33NO2.68H2/c1-7-8-19(24)23-15(5)13(3)18-10-9-17-11-12(2)22-20(21(17)18)14(4)16(6)25-22;;;;;;;;;;;;;;;;;;;;;;;;;;;;;;;;;;;;;;;;;;;;;;;;;;;;;;;;;;;;;;;;;;;;/h11,13-16,18H,7-10H2,1-6H3,(H,23,24);68*1H/t13?,14?,15?,16?,18-;;;;;;;;;;;;;;;;;;;;;;;;;;;;;;;;;;;;;;;;;;;;;;;;;;;;;;;;;;;;;;;;;;;;/m0..................................................................../s1/i14D,16D;19*1+1D;;;;;;;;;;;;;;;;;;;;;;;;;;;;;;;;;;;;;;;;;;;;;;;;;. The molecule has 0 aromatic heterocycles. The van der Waals surface area contributed by atoms with E-state index in [9.17, 15) is 4.79 Å². The molecule has 0 bridgehead atoms. The topological polar surface area (TPSA) is 38.3 Å². The first kappa shape index (κ1) is 5.50. The summed E-state index contributed by atoms with van der Waals surface area (Å²) in [5.41, 5.74) is 4.41. The Hall–Kier alpha value is -1.51. The van der Waals surface area contributed by atoms with Crippen LogP contribution in [0.15, 0.2) is 6.07 Å². The van der Waals surface area contributed by atoms with Crippen LogP contribution in [0.4, 0.5) is 0 Å². The van der Waals surface area contributed by atoms with E-state index in [2.05, 4.69) is 25.2 Å². The summed E-state index contributed by atoms with van der Waals surface area (Å²) in [5.74, 6) is 0.248. The Kier molecular flexibility index (Phi) is 1.54. The Balaban J connectivity index is -0.00000000377. The number of rotatable bonds is 5. The van der Waals surface area contributed by atoms with Crippen LogP contribution in [-0.2, 0) is 11.2 Å². The van der Waals surface area contributed by atoms with Crippen LogP contribution in [-0.4, -0.2) is 18.0 Å². The number of carbonyl (C=O) groups excluding carboxylic acids is 1. The SMILES string of the molecule is [2H]C1(C)Oc2c(C)cc3c(c2C1([2H])C)[C@H](C(C)C(C)NC(=O)CCC)CC3.[2H][2H].[2H][2H].[2H][2H].[2H][2H].[2H][2H].[2H][2H].[2H][2H].[2H][2H].[2H][2H].[2H][2H].[2H][2H].[2H][2H].[2H][2H].[2H][2H].[2H][2H].[2H][2H].[2H][2H].[2H][2H].[2H][2H].[HH].[HH].[HH].[HH].[HH].[HH].[HH].[HH].[HH].[HH].[HH].[HH].[HH].[HH].[HH].[HH].[HH].[HH].[HH].[HH].[HH].[HH].[HH].[HH].[HH].[HH].[HH].[HH].[HH].[HH].[HH].[HH].[HH].[HH].[HH].[HH].[HH].[HH].[HH].[HH].[HH].[HH].[HH].[HH].[HH].[HH].[HH].[HH].[HH]. The molecule has 1 N–H and O–H groups in total. The van der Waals surface area contributed by atoms with Crippen molar-refractivity contribution in [3.63, 3.8) is 0 Å². The highest BCUT2D eigenvalue weighted by atomic mass is 16.5. The van der Waals surface area contributed by atoms with Crippen LogP contribution in [0.5, 0.6) is 5.75 Å². The lowest BCUT2D eigenvalue weighted by Gasteiger charge is -2.29. The minimum atomic E-state index is -1.30. The van der Waals surface area contributed by atoms with Crippen molar-refractivity contribution >= 4 is 5.91 Å². The number of ether oxygens (including phenoxy) is 1. The lowest BCUT2D eigenvalue weighted by Crippen LogP contribution is -2.39. The van der Waals surface area contributed by atoms with Gasteiger partial charge in [-0.2, -0.15) is 0 Å². The van der Waals surface area contributed by atoms with E-state index in [-0.39, 0.29) is 93.7 Å². The lowest BCUT2D eigenvalue weighted by molar-refractivity contribution is -0.122. The predicted molar refractivity (Wildman–Crippen MR) is 246 cm³/mol. The fraction of sp³-hybridized carbons (Fsp3) is 0.682. The minimum Gasteiger partial charge on any atom is -0.490 e. The van der Waals surface area contributed by atoms with Crippen molar-refractivity contribution in [3.8, 4) is 5.75 Å². The first-order chi connectivity index (χ1) is 31.5. The molecular formula is C22H169NO2. The van der Waals surface area contributed by atoms with Crippen molar-refractivity contribution in [1.82, 2.24) is 5.32 Å². The normalized spacial score (nSPS) is 39.7. The summed E-state index contributed by atoms with van der Waals surface area (Å²) in [6, 6.07) is 2.25. The summed E-state index contributed by atoms with van der Waals surface area (Å²) < 4.78 is 213. The summed E-state index contributed by atoms with van der Waals surface area (Å²) in [6.45, 7) is 11.8. The molecule has 4 unspecified atom stereocenters. The predicted octanol–water partition coefficient (Wildman–Crippen LogP) is 21.6.